The van der Waals surface area contributed by atoms with Gasteiger partial charge in [0.1, 0.15) is 27.1 Å². The van der Waals surface area contributed by atoms with Crippen LogP contribution in [0.4, 0.5) is 0 Å². The Hall–Kier alpha value is -4.03. The van der Waals surface area contributed by atoms with Gasteiger partial charge < -0.3 is 14.6 Å². The Morgan fingerprint density at radius 1 is 0.489 bits per heavy atom. The molecule has 1 saturated heterocycles. The quantitative estimate of drug-likeness (QED) is 0.0436. The summed E-state index contributed by atoms with van der Waals surface area (Å²) in [5.74, 6) is 4.14. The Bertz CT molecular complexity index is 2790. The smallest absolute Gasteiger partial charge is 0.256 e. The fourth-order valence-electron chi connectivity index (χ4n) is 12.4. The fourth-order valence-corrected chi connectivity index (χ4v) is 34.1. The van der Waals surface area contributed by atoms with Gasteiger partial charge in [0.15, 0.2) is 0 Å². The first-order valence-electron chi connectivity index (χ1n) is 33.3. The SMILES string of the molecule is C.C.CC(C)CC=NS(=O)C(C)(C)C.CC(C)C[C@H](CS(=O)C(C)(C)C)[Si](C[C@@H](C)CO)(c1ccccc1)c1ccccc1.CC(C)C[C@H](CS(=O)C(C)(C)C)[Si](C[C@H](C)CO)(c1ccccc1)c1ccccc1.CC1CO[Si](c2ccccc2)(c2ccccc2)C1. The first-order chi connectivity index (χ1) is 42.4. The molecule has 0 spiro atoms. The molecule has 6 aromatic carbocycles. The zero-order valence-corrected chi connectivity index (χ0v) is 63.9. The van der Waals surface area contributed by atoms with Crippen LogP contribution in [-0.2, 0) is 37.0 Å². The molecule has 1 aliphatic rings. The summed E-state index contributed by atoms with van der Waals surface area (Å²) in [6.45, 7) is 39.5. The molecular formula is C79H125NO6S3Si3. The highest BCUT2D eigenvalue weighted by Gasteiger charge is 2.49. The average Bonchev–Trinajstić information content (AvgIpc) is 0.909. The summed E-state index contributed by atoms with van der Waals surface area (Å²) in [7, 11) is -9.51. The van der Waals surface area contributed by atoms with Crippen molar-refractivity contribution in [2.75, 3.05) is 31.3 Å². The predicted octanol–water partition coefficient (Wildman–Crippen LogP) is 15.9. The van der Waals surface area contributed by atoms with Gasteiger partial charge in [-0.15, -0.1) is 0 Å². The highest BCUT2D eigenvalue weighted by molar-refractivity contribution is 7.86. The van der Waals surface area contributed by atoms with E-state index in [1.807, 2.05) is 20.8 Å². The van der Waals surface area contributed by atoms with Crippen LogP contribution in [0.2, 0.25) is 29.2 Å². The van der Waals surface area contributed by atoms with Crippen molar-refractivity contribution in [3.63, 3.8) is 0 Å². The number of benzene rings is 6. The van der Waals surface area contributed by atoms with Crippen LogP contribution in [0.5, 0.6) is 0 Å². The standard InChI is InChI=1S/2C26H40O2SSi.C16H18OSi.C9H19NOS.2CH4/c2*1-21(2)17-25(19-29(28)26(4,5)6)30(20-22(3)18-27,23-13-9-7-10-14-23)24-15-11-8-12-16-24;1-14-12-17-18(13-14,15-8-4-2-5-9-15)16-10-6-3-7-11-16;1-8(2)6-7-10-12(11)9(3,4)5;;/h2*7-16,21-22,25,27H,17-20H2,1-6H3;2-11,14H,12-13H2,1H3;7-8H,6H2,1-5H3;2*1H4/t22-,25+,29?;22-,25-,29?;;;;/m01..../s1. The summed E-state index contributed by atoms with van der Waals surface area (Å²) in [5.41, 5.74) is 0.688. The minimum absolute atomic E-state index is 0. The van der Waals surface area contributed by atoms with Crippen LogP contribution in [0.15, 0.2) is 186 Å². The lowest BCUT2D eigenvalue weighted by Crippen LogP contribution is -2.63. The molecule has 1 fully saturated rings. The monoisotopic (exact) mass is 1360 g/mol. The summed E-state index contributed by atoms with van der Waals surface area (Å²) in [6, 6.07) is 68.3. The van der Waals surface area contributed by atoms with E-state index in [9.17, 15) is 22.8 Å². The average molecular weight is 1370 g/mol. The van der Waals surface area contributed by atoms with Crippen LogP contribution < -0.4 is 31.1 Å². The van der Waals surface area contributed by atoms with Gasteiger partial charge in [-0.05, 0) is 157 Å². The van der Waals surface area contributed by atoms with E-state index in [1.54, 1.807) is 6.21 Å². The zero-order valence-electron chi connectivity index (χ0n) is 58.5. The van der Waals surface area contributed by atoms with Gasteiger partial charge in [0.05, 0.1) is 4.75 Å². The van der Waals surface area contributed by atoms with Crippen LogP contribution in [0.1, 0.15) is 159 Å². The second-order valence-electron chi connectivity index (χ2n) is 29.8. The van der Waals surface area contributed by atoms with E-state index in [2.05, 4.69) is 290 Å². The van der Waals surface area contributed by atoms with Crippen LogP contribution in [0.25, 0.3) is 0 Å². The molecule has 92 heavy (non-hydrogen) atoms. The predicted molar refractivity (Wildman–Crippen MR) is 417 cm³/mol. The molecule has 13 heteroatoms. The highest BCUT2D eigenvalue weighted by atomic mass is 32.2. The maximum absolute atomic E-state index is 13.4. The molecule has 7 nitrogen and oxygen atoms in total. The first-order valence-corrected chi connectivity index (χ1v) is 43.7. The number of hydrogen-bond donors (Lipinski definition) is 2. The van der Waals surface area contributed by atoms with E-state index >= 15 is 0 Å². The summed E-state index contributed by atoms with van der Waals surface area (Å²) in [4.78, 5) is 0. The Morgan fingerprint density at radius 2 is 0.783 bits per heavy atom. The first kappa shape index (κ1) is 84.1. The molecule has 4 unspecified atom stereocenters. The van der Waals surface area contributed by atoms with Gasteiger partial charge in [-0.1, -0.05) is 280 Å². The number of rotatable bonds is 25. The third kappa shape index (κ3) is 25.2. The zero-order chi connectivity index (χ0) is 66.9. The Balaban J connectivity index is 0.000000436. The second kappa shape index (κ2) is 39.9. The molecular weight excluding hydrogens is 1240 g/mol. The largest absolute Gasteiger partial charge is 0.408 e. The lowest BCUT2D eigenvalue weighted by molar-refractivity contribution is 0.247. The summed E-state index contributed by atoms with van der Waals surface area (Å²) >= 11 is 0. The fraction of sp³-hybridized carbons (Fsp3) is 0.532. The maximum Gasteiger partial charge on any atom is 0.256 e. The van der Waals surface area contributed by atoms with Crippen molar-refractivity contribution >= 4 is 94.4 Å². The molecule has 0 bridgehead atoms. The lowest BCUT2D eigenvalue weighted by Gasteiger charge is -2.43. The topological polar surface area (TPSA) is 113 Å². The minimum atomic E-state index is -2.32. The van der Waals surface area contributed by atoms with Crippen molar-refractivity contribution in [2.24, 2.45) is 39.9 Å². The van der Waals surface area contributed by atoms with Gasteiger partial charge in [0.2, 0.25) is 0 Å². The van der Waals surface area contributed by atoms with Crippen molar-refractivity contribution in [1.29, 1.82) is 0 Å². The molecule has 0 aliphatic carbocycles. The van der Waals surface area contributed by atoms with Crippen molar-refractivity contribution in [3.8, 4) is 0 Å². The number of aliphatic hydroxyl groups is 2. The van der Waals surface area contributed by atoms with Gasteiger partial charge in [-0.25, -0.2) is 4.21 Å². The molecule has 1 heterocycles. The van der Waals surface area contributed by atoms with Crippen LogP contribution in [-0.4, -0.2) is 99.1 Å². The van der Waals surface area contributed by atoms with Crippen LogP contribution in [0.3, 0.4) is 0 Å². The van der Waals surface area contributed by atoms with E-state index < -0.39 is 57.0 Å². The molecule has 1 aliphatic heterocycles. The number of aliphatic hydroxyl groups excluding tert-OH is 2. The van der Waals surface area contributed by atoms with Crippen molar-refractivity contribution < 1.29 is 27.3 Å². The van der Waals surface area contributed by atoms with E-state index in [-0.39, 0.29) is 54.1 Å². The van der Waals surface area contributed by atoms with Gasteiger partial charge in [-0.2, -0.15) is 4.40 Å². The molecule has 2 N–H and O–H groups in total. The third-order valence-corrected chi connectivity index (χ3v) is 39.5. The maximum atomic E-state index is 13.4. The normalized spacial score (nSPS) is 16.6. The van der Waals surface area contributed by atoms with Crippen molar-refractivity contribution in [2.45, 2.75) is 202 Å². The van der Waals surface area contributed by atoms with E-state index in [0.29, 0.717) is 34.8 Å². The Kier molecular flexibility index (Phi) is 36.4. The molecule has 6 aromatic rings. The Labute approximate surface area is 573 Å². The highest BCUT2D eigenvalue weighted by Crippen LogP contribution is 2.39. The number of hydrogen-bond acceptors (Lipinski definition) is 6. The molecule has 0 saturated carbocycles. The summed E-state index contributed by atoms with van der Waals surface area (Å²) in [6.07, 6.45) is 4.78. The summed E-state index contributed by atoms with van der Waals surface area (Å²) in [5, 5.41) is 28.4. The van der Waals surface area contributed by atoms with Crippen molar-refractivity contribution in [1.82, 2.24) is 0 Å². The lowest BCUT2D eigenvalue weighted by atomic mass is 10.1. The van der Waals surface area contributed by atoms with Crippen LogP contribution >= 0.6 is 0 Å². The molecule has 0 radical (unpaired) electrons. The third-order valence-electron chi connectivity index (χ3n) is 17.1. The van der Waals surface area contributed by atoms with E-state index in [0.717, 1.165) is 49.5 Å². The molecule has 7 rings (SSSR count). The van der Waals surface area contributed by atoms with E-state index in [1.165, 1.54) is 37.2 Å². The second-order valence-corrected chi connectivity index (χ2v) is 48.3. The van der Waals surface area contributed by atoms with Gasteiger partial charge >= 0.3 is 0 Å². The van der Waals surface area contributed by atoms with Gasteiger partial charge in [0, 0.05) is 68.6 Å². The minimum Gasteiger partial charge on any atom is -0.408 e. The molecule has 8 atom stereocenters. The van der Waals surface area contributed by atoms with Crippen molar-refractivity contribution in [3.05, 3.63) is 182 Å². The number of nitrogens with zero attached hydrogens (tertiary/aromatic N) is 1. The van der Waals surface area contributed by atoms with E-state index in [4.69, 9.17) is 4.43 Å². The molecule has 0 aromatic heterocycles. The molecule has 512 valence electrons. The Morgan fingerprint density at radius 3 is 1.01 bits per heavy atom. The van der Waals surface area contributed by atoms with Gasteiger partial charge in [-0.3, -0.25) is 8.42 Å². The summed E-state index contributed by atoms with van der Waals surface area (Å²) < 4.78 is 47.8. The molecule has 0 amide bonds. The van der Waals surface area contributed by atoms with Crippen LogP contribution in [0, 0.1) is 35.5 Å². The van der Waals surface area contributed by atoms with Gasteiger partial charge in [0.25, 0.3) is 8.32 Å².